The minimum Gasteiger partial charge on any atom is -0.330 e. The standard InChI is InChI=1S/C9H10BrClFN/c10-7-3-4-8(11)9(12)6(7)2-1-5-13/h3-4H,1-2,5,13H2. The molecule has 4 heteroatoms. The molecule has 0 saturated carbocycles. The lowest BCUT2D eigenvalue weighted by Crippen LogP contribution is -2.02. The van der Waals surface area contributed by atoms with Gasteiger partial charge in [0.15, 0.2) is 0 Å². The van der Waals surface area contributed by atoms with Crippen LogP contribution in [0, 0.1) is 5.82 Å². The molecule has 0 unspecified atom stereocenters. The molecular weight excluding hydrogens is 256 g/mol. The second kappa shape index (κ2) is 4.94. The first-order valence-electron chi connectivity index (χ1n) is 3.99. The molecule has 0 saturated heterocycles. The Labute approximate surface area is 90.2 Å². The molecule has 1 aromatic carbocycles. The van der Waals surface area contributed by atoms with Crippen LogP contribution < -0.4 is 5.73 Å². The number of halogens is 3. The normalized spacial score (nSPS) is 10.5. The Morgan fingerprint density at radius 3 is 2.77 bits per heavy atom. The monoisotopic (exact) mass is 265 g/mol. The summed E-state index contributed by atoms with van der Waals surface area (Å²) in [5, 5.41) is 0.162. The summed E-state index contributed by atoms with van der Waals surface area (Å²) in [5.74, 6) is -0.343. The van der Waals surface area contributed by atoms with Crippen LogP contribution >= 0.6 is 27.5 Å². The molecule has 0 bridgehead atoms. The highest BCUT2D eigenvalue weighted by Crippen LogP contribution is 2.26. The van der Waals surface area contributed by atoms with E-state index in [4.69, 9.17) is 17.3 Å². The van der Waals surface area contributed by atoms with Gasteiger partial charge in [-0.05, 0) is 31.5 Å². The highest BCUT2D eigenvalue weighted by Gasteiger charge is 2.09. The van der Waals surface area contributed by atoms with Gasteiger partial charge in [-0.15, -0.1) is 0 Å². The van der Waals surface area contributed by atoms with Crippen LogP contribution in [0.25, 0.3) is 0 Å². The van der Waals surface area contributed by atoms with Gasteiger partial charge in [-0.3, -0.25) is 0 Å². The van der Waals surface area contributed by atoms with Crippen molar-refractivity contribution in [2.75, 3.05) is 6.54 Å². The van der Waals surface area contributed by atoms with Gasteiger partial charge >= 0.3 is 0 Å². The van der Waals surface area contributed by atoms with Crippen molar-refractivity contribution in [1.29, 1.82) is 0 Å². The number of rotatable bonds is 3. The predicted octanol–water partition coefficient (Wildman–Crippen LogP) is 3.13. The Kier molecular flexibility index (Phi) is 4.16. The van der Waals surface area contributed by atoms with Crippen molar-refractivity contribution in [3.63, 3.8) is 0 Å². The van der Waals surface area contributed by atoms with Crippen LogP contribution in [-0.2, 0) is 6.42 Å². The lowest BCUT2D eigenvalue weighted by molar-refractivity contribution is 0.604. The maximum absolute atomic E-state index is 13.4. The fraction of sp³-hybridized carbons (Fsp3) is 0.333. The quantitative estimate of drug-likeness (QED) is 0.836. The molecule has 1 nitrogen and oxygen atoms in total. The van der Waals surface area contributed by atoms with Gasteiger partial charge in [0.25, 0.3) is 0 Å². The van der Waals surface area contributed by atoms with E-state index in [0.29, 0.717) is 18.5 Å². The number of nitrogens with two attached hydrogens (primary N) is 1. The first-order valence-corrected chi connectivity index (χ1v) is 5.16. The van der Waals surface area contributed by atoms with E-state index in [0.717, 1.165) is 10.9 Å². The van der Waals surface area contributed by atoms with Crippen LogP contribution in [0.5, 0.6) is 0 Å². The summed E-state index contributed by atoms with van der Waals surface area (Å²) < 4.78 is 14.1. The molecule has 0 amide bonds. The molecule has 1 aromatic rings. The summed E-state index contributed by atoms with van der Waals surface area (Å²) in [6.45, 7) is 0.554. The van der Waals surface area contributed by atoms with Crippen molar-refractivity contribution in [3.8, 4) is 0 Å². The molecule has 0 aromatic heterocycles. The van der Waals surface area contributed by atoms with Crippen molar-refractivity contribution >= 4 is 27.5 Å². The summed E-state index contributed by atoms with van der Waals surface area (Å²) in [7, 11) is 0. The van der Waals surface area contributed by atoms with E-state index >= 15 is 0 Å². The van der Waals surface area contributed by atoms with Gasteiger partial charge in [-0.2, -0.15) is 0 Å². The van der Waals surface area contributed by atoms with Crippen LogP contribution in [-0.4, -0.2) is 6.54 Å². The minimum absolute atomic E-state index is 0.162. The summed E-state index contributed by atoms with van der Waals surface area (Å²) in [6, 6.07) is 3.28. The Hall–Kier alpha value is -0.120. The van der Waals surface area contributed by atoms with Crippen molar-refractivity contribution in [3.05, 3.63) is 33.0 Å². The zero-order valence-corrected chi connectivity index (χ0v) is 9.33. The SMILES string of the molecule is NCCCc1c(Br)ccc(Cl)c1F. The van der Waals surface area contributed by atoms with E-state index in [1.807, 2.05) is 0 Å². The summed E-state index contributed by atoms with van der Waals surface area (Å²) in [4.78, 5) is 0. The predicted molar refractivity (Wildman–Crippen MR) is 56.5 cm³/mol. The molecule has 0 aliphatic rings. The van der Waals surface area contributed by atoms with Crippen molar-refractivity contribution < 1.29 is 4.39 Å². The van der Waals surface area contributed by atoms with Crippen LogP contribution in [0.4, 0.5) is 4.39 Å². The molecule has 1 rings (SSSR count). The molecular formula is C9H10BrClFN. The van der Waals surface area contributed by atoms with Gasteiger partial charge in [-0.1, -0.05) is 27.5 Å². The van der Waals surface area contributed by atoms with Crippen molar-refractivity contribution in [1.82, 2.24) is 0 Å². The van der Waals surface area contributed by atoms with Crippen LogP contribution in [0.3, 0.4) is 0 Å². The Morgan fingerprint density at radius 2 is 2.15 bits per heavy atom. The Bertz CT molecular complexity index is 304. The summed E-state index contributed by atoms with van der Waals surface area (Å²) in [5.41, 5.74) is 5.95. The van der Waals surface area contributed by atoms with E-state index in [2.05, 4.69) is 15.9 Å². The smallest absolute Gasteiger partial charge is 0.146 e. The lowest BCUT2D eigenvalue weighted by atomic mass is 10.1. The number of hydrogen-bond acceptors (Lipinski definition) is 1. The first kappa shape index (κ1) is 11.0. The van der Waals surface area contributed by atoms with E-state index in [1.54, 1.807) is 6.07 Å². The van der Waals surface area contributed by atoms with E-state index in [-0.39, 0.29) is 10.8 Å². The van der Waals surface area contributed by atoms with E-state index < -0.39 is 0 Å². The molecule has 72 valence electrons. The molecule has 0 atom stereocenters. The molecule has 2 N–H and O–H groups in total. The zero-order valence-electron chi connectivity index (χ0n) is 6.99. The van der Waals surface area contributed by atoms with Crippen LogP contribution in [0.15, 0.2) is 16.6 Å². The second-order valence-electron chi connectivity index (χ2n) is 2.71. The van der Waals surface area contributed by atoms with Crippen molar-refractivity contribution in [2.45, 2.75) is 12.8 Å². The van der Waals surface area contributed by atoms with Gasteiger partial charge in [0.2, 0.25) is 0 Å². The van der Waals surface area contributed by atoms with Crippen molar-refractivity contribution in [2.24, 2.45) is 5.73 Å². The van der Waals surface area contributed by atoms with E-state index in [9.17, 15) is 4.39 Å². The molecule has 13 heavy (non-hydrogen) atoms. The van der Waals surface area contributed by atoms with Gasteiger partial charge < -0.3 is 5.73 Å². The molecule has 0 aliphatic heterocycles. The zero-order chi connectivity index (χ0) is 9.84. The molecule has 0 heterocycles. The minimum atomic E-state index is -0.343. The largest absolute Gasteiger partial charge is 0.330 e. The summed E-state index contributed by atoms with van der Waals surface area (Å²) >= 11 is 8.91. The maximum atomic E-state index is 13.4. The number of benzene rings is 1. The molecule has 0 radical (unpaired) electrons. The van der Waals surface area contributed by atoms with Gasteiger partial charge in [0, 0.05) is 10.0 Å². The topological polar surface area (TPSA) is 26.0 Å². The highest BCUT2D eigenvalue weighted by atomic mass is 79.9. The van der Waals surface area contributed by atoms with Gasteiger partial charge in [0.05, 0.1) is 5.02 Å². The number of hydrogen-bond donors (Lipinski definition) is 1. The average molecular weight is 267 g/mol. The Morgan fingerprint density at radius 1 is 1.46 bits per heavy atom. The molecule has 0 aliphatic carbocycles. The summed E-state index contributed by atoms with van der Waals surface area (Å²) in [6.07, 6.45) is 1.37. The fourth-order valence-corrected chi connectivity index (χ4v) is 1.76. The van der Waals surface area contributed by atoms with Gasteiger partial charge in [0.1, 0.15) is 5.82 Å². The Balaban J connectivity index is 2.96. The van der Waals surface area contributed by atoms with E-state index in [1.165, 1.54) is 6.07 Å². The maximum Gasteiger partial charge on any atom is 0.146 e. The molecule has 0 spiro atoms. The lowest BCUT2D eigenvalue weighted by Gasteiger charge is -2.06. The third kappa shape index (κ3) is 2.66. The van der Waals surface area contributed by atoms with Gasteiger partial charge in [-0.25, -0.2) is 4.39 Å². The second-order valence-corrected chi connectivity index (χ2v) is 3.98. The highest BCUT2D eigenvalue weighted by molar-refractivity contribution is 9.10. The first-order chi connectivity index (χ1) is 6.16. The fourth-order valence-electron chi connectivity index (χ4n) is 1.08. The molecule has 0 fully saturated rings. The van der Waals surface area contributed by atoms with Crippen LogP contribution in [0.2, 0.25) is 5.02 Å². The average Bonchev–Trinajstić information content (AvgIpc) is 2.12. The third-order valence-corrected chi connectivity index (χ3v) is 2.80. The van der Waals surface area contributed by atoms with Crippen LogP contribution in [0.1, 0.15) is 12.0 Å². The third-order valence-electron chi connectivity index (χ3n) is 1.77.